The third-order valence-corrected chi connectivity index (χ3v) is 8.91. The molecule has 26 heavy (non-hydrogen) atoms. The van der Waals surface area contributed by atoms with Crippen molar-refractivity contribution in [2.24, 2.45) is 0 Å². The lowest BCUT2D eigenvalue weighted by Gasteiger charge is -2.40. The predicted molar refractivity (Wildman–Crippen MR) is 102 cm³/mol. The molecule has 1 saturated carbocycles. The highest BCUT2D eigenvalue weighted by molar-refractivity contribution is 7.90. The fraction of sp³-hybridized carbons (Fsp3) is 0.650. The zero-order chi connectivity index (χ0) is 18.5. The van der Waals surface area contributed by atoms with Gasteiger partial charge in [-0.1, -0.05) is 24.3 Å². The van der Waals surface area contributed by atoms with Crippen molar-refractivity contribution in [3.8, 4) is 0 Å². The number of piperidine rings is 1. The largest absolute Gasteiger partial charge is 0.349 e. The molecule has 1 aliphatic heterocycles. The van der Waals surface area contributed by atoms with E-state index < -0.39 is 10.0 Å². The molecule has 1 aromatic rings. The Labute approximate surface area is 156 Å². The molecule has 1 spiro atoms. The van der Waals surface area contributed by atoms with Gasteiger partial charge in [0.2, 0.25) is 15.9 Å². The van der Waals surface area contributed by atoms with Crippen molar-refractivity contribution < 1.29 is 13.2 Å². The van der Waals surface area contributed by atoms with Crippen LogP contribution >= 0.6 is 0 Å². The van der Waals surface area contributed by atoms with Crippen LogP contribution in [0.5, 0.6) is 0 Å². The van der Waals surface area contributed by atoms with Gasteiger partial charge in [-0.2, -0.15) is 0 Å². The summed E-state index contributed by atoms with van der Waals surface area (Å²) >= 11 is 0. The Hall–Kier alpha value is -1.40. The Morgan fingerprint density at radius 1 is 1.19 bits per heavy atom. The number of benzene rings is 1. The summed E-state index contributed by atoms with van der Waals surface area (Å²) in [5.74, 6) is 0.406. The number of hydrogen-bond acceptors (Lipinski definition) is 3. The van der Waals surface area contributed by atoms with Gasteiger partial charge in [0, 0.05) is 33.6 Å². The number of carbonyl (C=O) groups excluding carboxylic acids is 1. The zero-order valence-corrected chi connectivity index (χ0v) is 16.5. The van der Waals surface area contributed by atoms with E-state index in [1.54, 1.807) is 23.3 Å². The second-order valence-corrected chi connectivity index (χ2v) is 10.6. The first kappa shape index (κ1) is 18.0. The second-order valence-electron chi connectivity index (χ2n) is 8.40. The van der Waals surface area contributed by atoms with Gasteiger partial charge in [0.05, 0.1) is 5.25 Å². The van der Waals surface area contributed by atoms with Crippen molar-refractivity contribution in [1.29, 1.82) is 0 Å². The minimum atomic E-state index is -3.08. The summed E-state index contributed by atoms with van der Waals surface area (Å²) in [6.07, 6.45) is 4.87. The summed E-state index contributed by atoms with van der Waals surface area (Å²) in [6.45, 7) is 1.23. The molecule has 1 amide bonds. The summed E-state index contributed by atoms with van der Waals surface area (Å²) in [7, 11) is 0.528. The minimum absolute atomic E-state index is 0.0312. The van der Waals surface area contributed by atoms with E-state index in [0.29, 0.717) is 19.5 Å². The van der Waals surface area contributed by atoms with E-state index >= 15 is 0 Å². The van der Waals surface area contributed by atoms with E-state index in [2.05, 4.69) is 24.3 Å². The van der Waals surface area contributed by atoms with Crippen molar-refractivity contribution >= 4 is 15.9 Å². The lowest BCUT2D eigenvalue weighted by molar-refractivity contribution is -0.129. The van der Waals surface area contributed by atoms with E-state index in [1.807, 2.05) is 0 Å². The molecule has 0 bridgehead atoms. The molecule has 4 rings (SSSR count). The molecule has 0 N–H and O–H groups in total. The molecule has 3 aliphatic rings. The summed E-state index contributed by atoms with van der Waals surface area (Å²) < 4.78 is 26.8. The molecular weight excluding hydrogens is 348 g/mol. The zero-order valence-electron chi connectivity index (χ0n) is 15.6. The topological polar surface area (TPSA) is 57.7 Å². The maximum Gasteiger partial charge on any atom is 0.222 e. The fourth-order valence-corrected chi connectivity index (χ4v) is 6.67. The van der Waals surface area contributed by atoms with Gasteiger partial charge in [-0.25, -0.2) is 12.7 Å². The van der Waals surface area contributed by atoms with Crippen LogP contribution in [0.2, 0.25) is 0 Å². The average molecular weight is 377 g/mol. The molecule has 0 aromatic heterocycles. The first-order chi connectivity index (χ1) is 12.3. The number of fused-ring (bicyclic) bond motifs is 2. The Balaban J connectivity index is 1.55. The molecule has 1 atom stereocenters. The molecule has 2 aliphatic carbocycles. The minimum Gasteiger partial charge on any atom is -0.349 e. The van der Waals surface area contributed by atoms with Crippen molar-refractivity contribution in [1.82, 2.24) is 9.21 Å². The summed E-state index contributed by atoms with van der Waals surface area (Å²) in [4.78, 5) is 13.9. The third-order valence-electron chi connectivity index (χ3n) is 6.51. The number of sulfonamides is 1. The van der Waals surface area contributed by atoms with Gasteiger partial charge in [-0.3, -0.25) is 4.79 Å². The number of carbonyl (C=O) groups is 1. The van der Waals surface area contributed by atoms with E-state index in [0.717, 1.165) is 32.1 Å². The van der Waals surface area contributed by atoms with Gasteiger partial charge in [0.1, 0.15) is 0 Å². The SMILES string of the molecule is CN(C)C(=O)C[C@H]1CC2(CCN(S(=O)(=O)C3CC3)CC2)c2ccccc21. The quantitative estimate of drug-likeness (QED) is 0.811. The molecule has 1 aromatic carbocycles. The van der Waals surface area contributed by atoms with Crippen molar-refractivity contribution in [3.05, 3.63) is 35.4 Å². The first-order valence-electron chi connectivity index (χ1n) is 9.62. The van der Waals surface area contributed by atoms with Crippen molar-refractivity contribution in [2.75, 3.05) is 27.2 Å². The molecule has 0 unspecified atom stereocenters. The van der Waals surface area contributed by atoms with Crippen LogP contribution in [0.4, 0.5) is 0 Å². The van der Waals surface area contributed by atoms with Gasteiger partial charge in [0.15, 0.2) is 0 Å². The Bertz CT molecular complexity index is 806. The molecule has 1 saturated heterocycles. The van der Waals surface area contributed by atoms with Gasteiger partial charge in [0.25, 0.3) is 0 Å². The van der Waals surface area contributed by atoms with Gasteiger partial charge in [-0.05, 0) is 54.6 Å². The van der Waals surface area contributed by atoms with Crippen LogP contribution in [0.1, 0.15) is 55.6 Å². The first-order valence-corrected chi connectivity index (χ1v) is 11.1. The normalized spacial score (nSPS) is 25.2. The molecule has 0 radical (unpaired) electrons. The predicted octanol–water partition coefficient (Wildman–Crippen LogP) is 2.48. The maximum atomic E-state index is 12.6. The maximum absolute atomic E-state index is 12.6. The van der Waals surface area contributed by atoms with Crippen LogP contribution in [-0.2, 0) is 20.2 Å². The van der Waals surface area contributed by atoms with E-state index in [-0.39, 0.29) is 22.5 Å². The van der Waals surface area contributed by atoms with Crippen LogP contribution in [0, 0.1) is 0 Å². The van der Waals surface area contributed by atoms with Crippen LogP contribution in [-0.4, -0.2) is 56.0 Å². The number of nitrogens with zero attached hydrogens (tertiary/aromatic N) is 2. The van der Waals surface area contributed by atoms with Crippen LogP contribution in [0.3, 0.4) is 0 Å². The highest BCUT2D eigenvalue weighted by Crippen LogP contribution is 2.53. The third kappa shape index (κ3) is 2.97. The Morgan fingerprint density at radius 3 is 2.46 bits per heavy atom. The highest BCUT2D eigenvalue weighted by Gasteiger charge is 2.49. The van der Waals surface area contributed by atoms with Gasteiger partial charge >= 0.3 is 0 Å². The lowest BCUT2D eigenvalue weighted by atomic mass is 9.73. The summed E-state index contributed by atoms with van der Waals surface area (Å²) in [5.41, 5.74) is 2.67. The van der Waals surface area contributed by atoms with E-state index in [1.165, 1.54) is 11.1 Å². The molecule has 2 fully saturated rings. The lowest BCUT2D eigenvalue weighted by Crippen LogP contribution is -2.45. The van der Waals surface area contributed by atoms with Gasteiger partial charge in [-0.15, -0.1) is 0 Å². The standard InChI is InChI=1S/C20H28N2O3S/c1-21(2)19(23)13-15-14-20(18-6-4-3-5-17(15)18)9-11-22(12-10-20)26(24,25)16-7-8-16/h3-6,15-16H,7-14H2,1-2H3/t15-/m0/s1. The smallest absolute Gasteiger partial charge is 0.222 e. The van der Waals surface area contributed by atoms with Crippen molar-refractivity contribution in [2.45, 2.75) is 55.1 Å². The van der Waals surface area contributed by atoms with Crippen LogP contribution < -0.4 is 0 Å². The summed E-state index contributed by atoms with van der Waals surface area (Å²) in [5, 5.41) is -0.127. The second kappa shape index (κ2) is 6.34. The number of amides is 1. The monoisotopic (exact) mass is 376 g/mol. The highest BCUT2D eigenvalue weighted by atomic mass is 32.2. The fourth-order valence-electron chi connectivity index (χ4n) is 4.82. The molecule has 6 heteroatoms. The van der Waals surface area contributed by atoms with Crippen molar-refractivity contribution in [3.63, 3.8) is 0 Å². The Morgan fingerprint density at radius 2 is 1.85 bits per heavy atom. The van der Waals surface area contributed by atoms with E-state index in [4.69, 9.17) is 0 Å². The number of hydrogen-bond donors (Lipinski definition) is 0. The van der Waals surface area contributed by atoms with E-state index in [9.17, 15) is 13.2 Å². The van der Waals surface area contributed by atoms with Crippen LogP contribution in [0.25, 0.3) is 0 Å². The average Bonchev–Trinajstić information content (AvgIpc) is 3.43. The molecule has 5 nitrogen and oxygen atoms in total. The summed E-state index contributed by atoms with van der Waals surface area (Å²) in [6, 6.07) is 8.48. The molecule has 1 heterocycles. The van der Waals surface area contributed by atoms with Gasteiger partial charge < -0.3 is 4.90 Å². The molecule has 142 valence electrons. The Kier molecular flexibility index (Phi) is 4.39. The van der Waals surface area contributed by atoms with Crippen LogP contribution in [0.15, 0.2) is 24.3 Å². The molecular formula is C20H28N2O3S. The number of rotatable bonds is 4.